The highest BCUT2D eigenvalue weighted by Gasteiger charge is 2.34. The molecule has 1 aromatic heterocycles. The van der Waals surface area contributed by atoms with Gasteiger partial charge in [-0.05, 0) is 80.5 Å². The van der Waals surface area contributed by atoms with Crippen molar-refractivity contribution in [2.45, 2.75) is 45.6 Å². The number of urea groups is 1. The van der Waals surface area contributed by atoms with Gasteiger partial charge in [0.1, 0.15) is 0 Å². The molecule has 1 aliphatic carbocycles. The van der Waals surface area contributed by atoms with E-state index in [0.717, 1.165) is 54.0 Å². The predicted octanol–water partition coefficient (Wildman–Crippen LogP) is 4.10. The van der Waals surface area contributed by atoms with Crippen molar-refractivity contribution in [1.82, 2.24) is 10.3 Å². The molecule has 1 atom stereocenters. The van der Waals surface area contributed by atoms with Crippen LogP contribution in [0.4, 0.5) is 16.2 Å². The fourth-order valence-electron chi connectivity index (χ4n) is 3.84. The second kappa shape index (κ2) is 7.62. The average Bonchev–Trinajstić information content (AvgIpc) is 3.41. The Balaban J connectivity index is 1.44. The van der Waals surface area contributed by atoms with Gasteiger partial charge in [-0.1, -0.05) is 0 Å². The summed E-state index contributed by atoms with van der Waals surface area (Å²) in [6.07, 6.45) is 5.52. The molecule has 0 spiro atoms. The number of carbonyl (C=O) groups excluding carboxylic acids is 2. The molecule has 3 amide bonds. The van der Waals surface area contributed by atoms with E-state index in [1.165, 1.54) is 0 Å². The maximum absolute atomic E-state index is 12.6. The number of aromatic nitrogens is 1. The summed E-state index contributed by atoms with van der Waals surface area (Å²) in [6.45, 7) is 4.76. The zero-order chi connectivity index (χ0) is 19.7. The Labute approximate surface area is 165 Å². The van der Waals surface area contributed by atoms with Crippen LogP contribution < -0.4 is 15.5 Å². The largest absolute Gasteiger partial charge is 0.329 e. The van der Waals surface area contributed by atoms with Crippen LogP contribution in [0.25, 0.3) is 0 Å². The van der Waals surface area contributed by atoms with Crippen molar-refractivity contribution in [1.29, 1.82) is 0 Å². The van der Waals surface area contributed by atoms with E-state index in [2.05, 4.69) is 15.6 Å². The van der Waals surface area contributed by atoms with Gasteiger partial charge in [-0.25, -0.2) is 4.79 Å². The maximum atomic E-state index is 12.6. The van der Waals surface area contributed by atoms with E-state index in [1.54, 1.807) is 6.20 Å². The van der Waals surface area contributed by atoms with Crippen molar-refractivity contribution < 1.29 is 9.59 Å². The summed E-state index contributed by atoms with van der Waals surface area (Å²) in [7, 11) is 0. The quantitative estimate of drug-likeness (QED) is 0.823. The number of benzene rings is 1. The van der Waals surface area contributed by atoms with E-state index in [9.17, 15) is 9.59 Å². The van der Waals surface area contributed by atoms with Gasteiger partial charge in [0, 0.05) is 30.5 Å². The van der Waals surface area contributed by atoms with Crippen molar-refractivity contribution in [3.05, 3.63) is 53.3 Å². The summed E-state index contributed by atoms with van der Waals surface area (Å²) in [5.41, 5.74) is 4.68. The minimum Gasteiger partial charge on any atom is -0.329 e. The Morgan fingerprint density at radius 3 is 2.68 bits per heavy atom. The zero-order valence-electron chi connectivity index (χ0n) is 16.4. The maximum Gasteiger partial charge on any atom is 0.319 e. The first kappa shape index (κ1) is 18.5. The van der Waals surface area contributed by atoms with Gasteiger partial charge in [-0.15, -0.1) is 0 Å². The lowest BCUT2D eigenvalue weighted by atomic mass is 10.1. The molecule has 28 heavy (non-hydrogen) atoms. The third-order valence-electron chi connectivity index (χ3n) is 5.45. The molecule has 0 radical (unpaired) electrons. The van der Waals surface area contributed by atoms with Crippen molar-refractivity contribution in [3.8, 4) is 0 Å². The molecular formula is C22H26N4O2. The summed E-state index contributed by atoms with van der Waals surface area (Å²) in [6, 6.07) is 9.38. The number of carbonyl (C=O) groups is 2. The van der Waals surface area contributed by atoms with Gasteiger partial charge >= 0.3 is 6.03 Å². The highest BCUT2D eigenvalue weighted by molar-refractivity contribution is 5.97. The van der Waals surface area contributed by atoms with E-state index in [4.69, 9.17) is 0 Å². The van der Waals surface area contributed by atoms with Gasteiger partial charge in [0.05, 0.1) is 11.7 Å². The van der Waals surface area contributed by atoms with Crippen LogP contribution in [-0.2, 0) is 4.79 Å². The van der Waals surface area contributed by atoms with Crippen molar-refractivity contribution in [2.24, 2.45) is 5.92 Å². The molecule has 2 heterocycles. The zero-order valence-corrected chi connectivity index (χ0v) is 16.4. The van der Waals surface area contributed by atoms with Crippen LogP contribution in [0.2, 0.25) is 0 Å². The third-order valence-corrected chi connectivity index (χ3v) is 5.45. The second-order valence-electron chi connectivity index (χ2n) is 7.82. The van der Waals surface area contributed by atoms with Crippen LogP contribution in [-0.4, -0.2) is 23.5 Å². The first-order chi connectivity index (χ1) is 13.5. The highest BCUT2D eigenvalue weighted by atomic mass is 16.2. The lowest BCUT2D eigenvalue weighted by Gasteiger charge is -2.20. The topological polar surface area (TPSA) is 74.3 Å². The minimum atomic E-state index is -0.232. The van der Waals surface area contributed by atoms with Gasteiger partial charge < -0.3 is 15.5 Å². The van der Waals surface area contributed by atoms with Crippen LogP contribution in [0.3, 0.4) is 0 Å². The van der Waals surface area contributed by atoms with Crippen molar-refractivity contribution in [3.63, 3.8) is 0 Å². The second-order valence-corrected chi connectivity index (χ2v) is 7.82. The SMILES string of the molecule is Cc1ccnc([C@@H](NC(=O)Nc2ccc(N3CCCC3=O)c(C)c2)C2CC2)c1. The molecule has 2 fully saturated rings. The molecule has 6 nitrogen and oxygen atoms in total. The van der Waals surface area contributed by atoms with Crippen LogP contribution >= 0.6 is 0 Å². The van der Waals surface area contributed by atoms with E-state index in [1.807, 2.05) is 49.1 Å². The number of aryl methyl sites for hydroxylation is 2. The van der Waals surface area contributed by atoms with E-state index < -0.39 is 0 Å². The summed E-state index contributed by atoms with van der Waals surface area (Å²) in [5.74, 6) is 0.616. The Morgan fingerprint density at radius 2 is 2.04 bits per heavy atom. The summed E-state index contributed by atoms with van der Waals surface area (Å²) >= 11 is 0. The van der Waals surface area contributed by atoms with Crippen LogP contribution in [0.15, 0.2) is 36.5 Å². The molecule has 1 aromatic carbocycles. The number of anilines is 2. The lowest BCUT2D eigenvalue weighted by molar-refractivity contribution is -0.117. The lowest BCUT2D eigenvalue weighted by Crippen LogP contribution is -2.34. The van der Waals surface area contributed by atoms with Gasteiger partial charge in [-0.2, -0.15) is 0 Å². The smallest absolute Gasteiger partial charge is 0.319 e. The van der Waals surface area contributed by atoms with Gasteiger partial charge in [0.15, 0.2) is 0 Å². The standard InChI is InChI=1S/C22H26N4O2/c1-14-9-10-23-18(12-14)21(16-5-6-16)25-22(28)24-17-7-8-19(15(2)13-17)26-11-3-4-20(26)27/h7-10,12-13,16,21H,3-6,11H2,1-2H3,(H2,24,25,28)/t21-/m0/s1. The molecule has 146 valence electrons. The van der Waals surface area contributed by atoms with Gasteiger partial charge in [-0.3, -0.25) is 9.78 Å². The van der Waals surface area contributed by atoms with Gasteiger partial charge in [0.2, 0.25) is 5.91 Å². The molecule has 1 saturated heterocycles. The fraction of sp³-hybridized carbons (Fsp3) is 0.409. The summed E-state index contributed by atoms with van der Waals surface area (Å²) in [5, 5.41) is 6.02. The number of nitrogens with one attached hydrogen (secondary N) is 2. The Morgan fingerprint density at radius 1 is 1.21 bits per heavy atom. The number of rotatable bonds is 5. The van der Waals surface area contributed by atoms with E-state index in [-0.39, 0.29) is 18.0 Å². The van der Waals surface area contributed by atoms with Crippen LogP contribution in [0.1, 0.15) is 48.5 Å². The van der Waals surface area contributed by atoms with Crippen LogP contribution in [0.5, 0.6) is 0 Å². The first-order valence-corrected chi connectivity index (χ1v) is 9.92. The number of hydrogen-bond donors (Lipinski definition) is 2. The molecule has 2 aromatic rings. The molecule has 0 unspecified atom stereocenters. The molecule has 1 saturated carbocycles. The van der Waals surface area contributed by atoms with E-state index in [0.29, 0.717) is 12.3 Å². The minimum absolute atomic E-state index is 0.0671. The Kier molecular flexibility index (Phi) is 5.03. The monoisotopic (exact) mass is 378 g/mol. The third kappa shape index (κ3) is 4.01. The molecule has 2 aliphatic rings. The Bertz CT molecular complexity index is 907. The molecule has 4 rings (SSSR count). The summed E-state index contributed by atoms with van der Waals surface area (Å²) < 4.78 is 0. The highest BCUT2D eigenvalue weighted by Crippen LogP contribution is 2.40. The normalized spacial score (nSPS) is 17.5. The summed E-state index contributed by atoms with van der Waals surface area (Å²) in [4.78, 5) is 30.9. The Hall–Kier alpha value is -2.89. The molecule has 2 N–H and O–H groups in total. The number of hydrogen-bond acceptors (Lipinski definition) is 3. The fourth-order valence-corrected chi connectivity index (χ4v) is 3.84. The average molecular weight is 378 g/mol. The molecule has 0 bridgehead atoms. The predicted molar refractivity (Wildman–Crippen MR) is 109 cm³/mol. The van der Waals surface area contributed by atoms with Crippen LogP contribution in [0, 0.1) is 19.8 Å². The first-order valence-electron chi connectivity index (χ1n) is 9.92. The van der Waals surface area contributed by atoms with Crippen molar-refractivity contribution in [2.75, 3.05) is 16.8 Å². The number of amides is 3. The van der Waals surface area contributed by atoms with Gasteiger partial charge in [0.25, 0.3) is 0 Å². The number of pyridine rings is 1. The molecule has 6 heteroatoms. The van der Waals surface area contributed by atoms with E-state index >= 15 is 0 Å². The molecule has 1 aliphatic heterocycles. The van der Waals surface area contributed by atoms with Crippen molar-refractivity contribution >= 4 is 23.3 Å². The number of nitrogens with zero attached hydrogens (tertiary/aromatic N) is 2. The molecular weight excluding hydrogens is 352 g/mol.